The molecule has 1 fully saturated rings. The number of carbonyl (C=O) groups excluding carboxylic acids is 1. The molecule has 3 unspecified atom stereocenters. The number of rotatable bonds is 4. The molecular formula is C17H26N2O. The van der Waals surface area contributed by atoms with Crippen molar-refractivity contribution in [3.05, 3.63) is 30.3 Å². The lowest BCUT2D eigenvalue weighted by Crippen LogP contribution is -2.42. The summed E-state index contributed by atoms with van der Waals surface area (Å²) in [4.78, 5) is 12.5. The van der Waals surface area contributed by atoms with Crippen LogP contribution in [-0.2, 0) is 4.79 Å². The molecule has 0 saturated heterocycles. The molecule has 3 nitrogen and oxygen atoms in total. The molecule has 20 heavy (non-hydrogen) atoms. The molecule has 0 spiro atoms. The molecule has 1 aliphatic carbocycles. The number of anilines is 1. The lowest BCUT2D eigenvalue weighted by atomic mass is 9.70. The van der Waals surface area contributed by atoms with Crippen molar-refractivity contribution in [2.45, 2.75) is 40.0 Å². The SMILES string of the molecule is CC1CCC(C(C)C)C(C(=O)NNc2ccccc2)C1. The summed E-state index contributed by atoms with van der Waals surface area (Å²) in [7, 11) is 0. The highest BCUT2D eigenvalue weighted by atomic mass is 16.2. The van der Waals surface area contributed by atoms with Gasteiger partial charge in [0.25, 0.3) is 0 Å². The summed E-state index contributed by atoms with van der Waals surface area (Å²) in [5, 5.41) is 0. The molecule has 0 radical (unpaired) electrons. The smallest absolute Gasteiger partial charge is 0.241 e. The van der Waals surface area contributed by atoms with E-state index in [0.717, 1.165) is 12.1 Å². The molecule has 1 aromatic rings. The molecule has 1 aromatic carbocycles. The van der Waals surface area contributed by atoms with Gasteiger partial charge in [-0.3, -0.25) is 15.6 Å². The van der Waals surface area contributed by atoms with E-state index in [2.05, 4.69) is 31.6 Å². The summed E-state index contributed by atoms with van der Waals surface area (Å²) in [5.41, 5.74) is 6.82. The maximum absolute atomic E-state index is 12.5. The zero-order valence-electron chi connectivity index (χ0n) is 12.7. The van der Waals surface area contributed by atoms with Crippen LogP contribution in [0.5, 0.6) is 0 Å². The van der Waals surface area contributed by atoms with Gasteiger partial charge in [0, 0.05) is 5.92 Å². The summed E-state index contributed by atoms with van der Waals surface area (Å²) in [6.45, 7) is 6.71. The standard InChI is InChI=1S/C17H26N2O/c1-12(2)15-10-9-13(3)11-16(15)17(20)19-18-14-7-5-4-6-8-14/h4-8,12-13,15-16,18H,9-11H2,1-3H3,(H,19,20). The molecule has 1 saturated carbocycles. The van der Waals surface area contributed by atoms with Crippen LogP contribution in [0, 0.1) is 23.7 Å². The highest BCUT2D eigenvalue weighted by molar-refractivity contribution is 5.80. The first-order valence-electron chi connectivity index (χ1n) is 7.69. The number of amides is 1. The Kier molecular flexibility index (Phi) is 5.05. The fraction of sp³-hybridized carbons (Fsp3) is 0.588. The second-order valence-electron chi connectivity index (χ2n) is 6.41. The third-order valence-electron chi connectivity index (χ3n) is 4.46. The van der Waals surface area contributed by atoms with E-state index < -0.39 is 0 Å². The molecule has 3 atom stereocenters. The quantitative estimate of drug-likeness (QED) is 0.819. The highest BCUT2D eigenvalue weighted by Crippen LogP contribution is 2.38. The average molecular weight is 274 g/mol. The number of benzene rings is 1. The zero-order chi connectivity index (χ0) is 14.5. The molecule has 3 heteroatoms. The Labute approximate surface area is 122 Å². The Morgan fingerprint density at radius 2 is 1.90 bits per heavy atom. The van der Waals surface area contributed by atoms with E-state index in [1.54, 1.807) is 0 Å². The van der Waals surface area contributed by atoms with Gasteiger partial charge in [0.15, 0.2) is 0 Å². The number of hydrogen-bond acceptors (Lipinski definition) is 2. The average Bonchev–Trinajstić information content (AvgIpc) is 2.45. The molecule has 0 bridgehead atoms. The minimum absolute atomic E-state index is 0.134. The van der Waals surface area contributed by atoms with E-state index in [0.29, 0.717) is 17.8 Å². The molecule has 2 N–H and O–H groups in total. The molecule has 0 aromatic heterocycles. The fourth-order valence-corrected chi connectivity index (χ4v) is 3.25. The number of para-hydroxylation sites is 1. The van der Waals surface area contributed by atoms with Crippen molar-refractivity contribution < 1.29 is 4.79 Å². The van der Waals surface area contributed by atoms with E-state index in [4.69, 9.17) is 0 Å². The van der Waals surface area contributed by atoms with E-state index in [1.807, 2.05) is 30.3 Å². The first-order valence-corrected chi connectivity index (χ1v) is 7.69. The Balaban J connectivity index is 1.95. The van der Waals surface area contributed by atoms with Crippen LogP contribution in [0.3, 0.4) is 0 Å². The second-order valence-corrected chi connectivity index (χ2v) is 6.41. The summed E-state index contributed by atoms with van der Waals surface area (Å²) in [6, 6.07) is 9.76. The third kappa shape index (κ3) is 3.75. The van der Waals surface area contributed by atoms with Crippen molar-refractivity contribution in [1.82, 2.24) is 5.43 Å². The van der Waals surface area contributed by atoms with Gasteiger partial charge in [-0.2, -0.15) is 0 Å². The van der Waals surface area contributed by atoms with Gasteiger partial charge in [-0.05, 0) is 42.7 Å². The van der Waals surface area contributed by atoms with E-state index >= 15 is 0 Å². The lowest BCUT2D eigenvalue weighted by Gasteiger charge is -2.36. The van der Waals surface area contributed by atoms with Gasteiger partial charge in [-0.25, -0.2) is 0 Å². The predicted molar refractivity (Wildman–Crippen MR) is 83.0 cm³/mol. The molecule has 1 aliphatic rings. The predicted octanol–water partition coefficient (Wildman–Crippen LogP) is 3.84. The van der Waals surface area contributed by atoms with Crippen LogP contribution in [0.2, 0.25) is 0 Å². The van der Waals surface area contributed by atoms with Gasteiger partial charge in [0.1, 0.15) is 0 Å². The van der Waals surface area contributed by atoms with E-state index in [-0.39, 0.29) is 11.8 Å². The largest absolute Gasteiger partial charge is 0.299 e. The Morgan fingerprint density at radius 1 is 1.20 bits per heavy atom. The van der Waals surface area contributed by atoms with Crippen molar-refractivity contribution in [3.63, 3.8) is 0 Å². The van der Waals surface area contributed by atoms with Crippen LogP contribution in [0.15, 0.2) is 30.3 Å². The highest BCUT2D eigenvalue weighted by Gasteiger charge is 2.35. The van der Waals surface area contributed by atoms with Crippen LogP contribution in [0.4, 0.5) is 5.69 Å². The number of hydrogen-bond donors (Lipinski definition) is 2. The van der Waals surface area contributed by atoms with Gasteiger partial charge < -0.3 is 0 Å². The number of hydrazine groups is 1. The summed E-state index contributed by atoms with van der Waals surface area (Å²) in [5.74, 6) is 1.99. The minimum atomic E-state index is 0.134. The van der Waals surface area contributed by atoms with Crippen LogP contribution in [0.25, 0.3) is 0 Å². The van der Waals surface area contributed by atoms with Gasteiger partial charge in [-0.1, -0.05) is 45.4 Å². The van der Waals surface area contributed by atoms with Crippen LogP contribution >= 0.6 is 0 Å². The van der Waals surface area contributed by atoms with Gasteiger partial charge in [-0.15, -0.1) is 0 Å². The van der Waals surface area contributed by atoms with Gasteiger partial charge in [0.2, 0.25) is 5.91 Å². The van der Waals surface area contributed by atoms with Crippen molar-refractivity contribution in [2.24, 2.45) is 23.7 Å². The summed E-state index contributed by atoms with van der Waals surface area (Å²) < 4.78 is 0. The Morgan fingerprint density at radius 3 is 2.55 bits per heavy atom. The topological polar surface area (TPSA) is 41.1 Å². The summed E-state index contributed by atoms with van der Waals surface area (Å²) >= 11 is 0. The minimum Gasteiger partial charge on any atom is -0.299 e. The van der Waals surface area contributed by atoms with E-state index in [1.165, 1.54) is 12.8 Å². The van der Waals surface area contributed by atoms with Crippen molar-refractivity contribution >= 4 is 11.6 Å². The van der Waals surface area contributed by atoms with Crippen molar-refractivity contribution in [2.75, 3.05) is 5.43 Å². The molecule has 0 aliphatic heterocycles. The first kappa shape index (κ1) is 14.9. The first-order chi connectivity index (χ1) is 9.58. The maximum Gasteiger partial charge on any atom is 0.241 e. The second kappa shape index (κ2) is 6.78. The van der Waals surface area contributed by atoms with E-state index in [9.17, 15) is 4.79 Å². The van der Waals surface area contributed by atoms with Crippen molar-refractivity contribution in [3.8, 4) is 0 Å². The van der Waals surface area contributed by atoms with Gasteiger partial charge in [0.05, 0.1) is 5.69 Å². The third-order valence-corrected chi connectivity index (χ3v) is 4.46. The van der Waals surface area contributed by atoms with Gasteiger partial charge >= 0.3 is 0 Å². The number of carbonyl (C=O) groups is 1. The fourth-order valence-electron chi connectivity index (χ4n) is 3.25. The maximum atomic E-state index is 12.5. The normalized spacial score (nSPS) is 26.3. The molecule has 110 valence electrons. The molecule has 2 rings (SSSR count). The molecule has 0 heterocycles. The van der Waals surface area contributed by atoms with Crippen LogP contribution in [0.1, 0.15) is 40.0 Å². The monoisotopic (exact) mass is 274 g/mol. The molecular weight excluding hydrogens is 248 g/mol. The van der Waals surface area contributed by atoms with Crippen LogP contribution in [-0.4, -0.2) is 5.91 Å². The van der Waals surface area contributed by atoms with Crippen LogP contribution < -0.4 is 10.9 Å². The number of nitrogens with one attached hydrogen (secondary N) is 2. The zero-order valence-corrected chi connectivity index (χ0v) is 12.7. The van der Waals surface area contributed by atoms with Crippen molar-refractivity contribution in [1.29, 1.82) is 0 Å². The lowest BCUT2D eigenvalue weighted by molar-refractivity contribution is -0.128. The Hall–Kier alpha value is -1.51. The summed E-state index contributed by atoms with van der Waals surface area (Å²) in [6.07, 6.45) is 3.42. The molecule has 1 amide bonds. The Bertz CT molecular complexity index is 430.